The van der Waals surface area contributed by atoms with Gasteiger partial charge < -0.3 is 9.73 Å². The first-order valence-corrected chi connectivity index (χ1v) is 9.69. The Kier molecular flexibility index (Phi) is 5.49. The lowest BCUT2D eigenvalue weighted by molar-refractivity contribution is 0.0977. The van der Waals surface area contributed by atoms with Crippen molar-refractivity contribution in [3.05, 3.63) is 82.3 Å². The average Bonchev–Trinajstić information content (AvgIpc) is 3.12. The second-order valence-corrected chi connectivity index (χ2v) is 7.41. The lowest BCUT2D eigenvalue weighted by Crippen LogP contribution is -2.34. The first-order valence-electron chi connectivity index (χ1n) is 8.52. The number of oxazole rings is 1. The van der Waals surface area contributed by atoms with Crippen molar-refractivity contribution in [2.24, 2.45) is 0 Å². The number of nitrogens with zero attached hydrogens (tertiary/aromatic N) is 1. The Bertz CT molecular complexity index is 1220. The summed E-state index contributed by atoms with van der Waals surface area (Å²) in [5.41, 5.74) is 3.22. The van der Waals surface area contributed by atoms with E-state index >= 15 is 0 Å². The molecular formula is C21H13Cl2N3O2S. The Balaban J connectivity index is 1.48. The van der Waals surface area contributed by atoms with Crippen LogP contribution in [-0.2, 0) is 0 Å². The van der Waals surface area contributed by atoms with E-state index in [2.05, 4.69) is 15.6 Å². The highest BCUT2D eigenvalue weighted by Crippen LogP contribution is 2.27. The molecule has 3 aromatic carbocycles. The van der Waals surface area contributed by atoms with E-state index in [1.807, 2.05) is 24.3 Å². The molecule has 144 valence electrons. The Morgan fingerprint density at radius 1 is 0.966 bits per heavy atom. The minimum absolute atomic E-state index is 0.173. The largest absolute Gasteiger partial charge is 0.436 e. The molecule has 1 amide bonds. The topological polar surface area (TPSA) is 67.2 Å². The second-order valence-electron chi connectivity index (χ2n) is 6.13. The lowest BCUT2D eigenvalue weighted by atomic mass is 10.2. The number of aromatic nitrogens is 1. The molecule has 0 saturated heterocycles. The summed E-state index contributed by atoms with van der Waals surface area (Å²) >= 11 is 17.1. The molecule has 0 aliphatic carbocycles. The number of thiocarbonyl (C=S) groups is 1. The second kappa shape index (κ2) is 8.21. The summed E-state index contributed by atoms with van der Waals surface area (Å²) in [6.07, 6.45) is 0. The zero-order valence-corrected chi connectivity index (χ0v) is 17.1. The molecule has 0 fully saturated rings. The highest BCUT2D eigenvalue weighted by molar-refractivity contribution is 7.80. The minimum atomic E-state index is -0.328. The van der Waals surface area contributed by atoms with Gasteiger partial charge in [0.1, 0.15) is 5.52 Å². The van der Waals surface area contributed by atoms with Crippen LogP contribution in [0.2, 0.25) is 10.0 Å². The Labute approximate surface area is 181 Å². The molecule has 0 aliphatic rings. The summed E-state index contributed by atoms with van der Waals surface area (Å²) in [6.45, 7) is 0. The van der Waals surface area contributed by atoms with Gasteiger partial charge in [0.25, 0.3) is 5.91 Å². The molecule has 4 aromatic rings. The maximum atomic E-state index is 12.3. The van der Waals surface area contributed by atoms with Crippen LogP contribution in [0, 0.1) is 0 Å². The molecule has 0 aliphatic heterocycles. The average molecular weight is 442 g/mol. The predicted molar refractivity (Wildman–Crippen MR) is 120 cm³/mol. The van der Waals surface area contributed by atoms with Crippen molar-refractivity contribution >= 4 is 63.2 Å². The maximum absolute atomic E-state index is 12.3. The number of anilines is 1. The van der Waals surface area contributed by atoms with Gasteiger partial charge in [-0.15, -0.1) is 0 Å². The Morgan fingerprint density at radius 2 is 1.72 bits per heavy atom. The minimum Gasteiger partial charge on any atom is -0.436 e. The molecule has 0 saturated carbocycles. The van der Waals surface area contributed by atoms with Crippen molar-refractivity contribution in [3.8, 4) is 11.5 Å². The first kappa shape index (κ1) is 19.4. The number of benzene rings is 3. The number of amides is 1. The number of halogens is 2. The third kappa shape index (κ3) is 4.56. The summed E-state index contributed by atoms with van der Waals surface area (Å²) in [4.78, 5) is 16.7. The number of carbonyl (C=O) groups is 1. The van der Waals surface area contributed by atoms with Crippen molar-refractivity contribution in [2.45, 2.75) is 0 Å². The molecule has 0 spiro atoms. The number of hydrogen-bond donors (Lipinski definition) is 2. The van der Waals surface area contributed by atoms with E-state index in [-0.39, 0.29) is 11.0 Å². The fourth-order valence-corrected chi connectivity index (χ4v) is 3.20. The van der Waals surface area contributed by atoms with Gasteiger partial charge in [0.15, 0.2) is 10.7 Å². The van der Waals surface area contributed by atoms with Crippen molar-refractivity contribution in [1.82, 2.24) is 10.3 Å². The van der Waals surface area contributed by atoms with Crippen LogP contribution in [0.25, 0.3) is 22.6 Å². The highest BCUT2D eigenvalue weighted by atomic mass is 35.5. The van der Waals surface area contributed by atoms with E-state index in [0.29, 0.717) is 38.3 Å². The van der Waals surface area contributed by atoms with Crippen molar-refractivity contribution in [1.29, 1.82) is 0 Å². The molecule has 0 unspecified atom stereocenters. The predicted octanol–water partition coefficient (Wildman–Crippen LogP) is 5.93. The molecule has 5 nitrogen and oxygen atoms in total. The summed E-state index contributed by atoms with van der Waals surface area (Å²) in [6, 6.07) is 19.2. The zero-order valence-electron chi connectivity index (χ0n) is 14.8. The van der Waals surface area contributed by atoms with E-state index in [1.165, 1.54) is 0 Å². The van der Waals surface area contributed by atoms with E-state index in [1.54, 1.807) is 42.5 Å². The van der Waals surface area contributed by atoms with Gasteiger partial charge in [-0.2, -0.15) is 0 Å². The number of nitrogens with one attached hydrogen (secondary N) is 2. The van der Waals surface area contributed by atoms with Gasteiger partial charge in [0, 0.05) is 26.9 Å². The van der Waals surface area contributed by atoms with Gasteiger partial charge in [-0.05, 0) is 72.9 Å². The van der Waals surface area contributed by atoms with Crippen molar-refractivity contribution in [3.63, 3.8) is 0 Å². The SMILES string of the molecule is O=C(NC(=S)Nc1cccc(-c2nc3cc(Cl)ccc3o2)c1)c1ccc(Cl)cc1. The highest BCUT2D eigenvalue weighted by Gasteiger charge is 2.11. The fourth-order valence-electron chi connectivity index (χ4n) is 2.69. The lowest BCUT2D eigenvalue weighted by Gasteiger charge is -2.10. The quantitative estimate of drug-likeness (QED) is 0.385. The van der Waals surface area contributed by atoms with Gasteiger partial charge >= 0.3 is 0 Å². The van der Waals surface area contributed by atoms with Crippen molar-refractivity contribution in [2.75, 3.05) is 5.32 Å². The molecule has 1 aromatic heterocycles. The molecular weight excluding hydrogens is 429 g/mol. The van der Waals surface area contributed by atoms with E-state index in [0.717, 1.165) is 5.56 Å². The van der Waals surface area contributed by atoms with E-state index in [9.17, 15) is 4.79 Å². The molecule has 29 heavy (non-hydrogen) atoms. The molecule has 8 heteroatoms. The van der Waals surface area contributed by atoms with Gasteiger partial charge in [-0.25, -0.2) is 4.98 Å². The van der Waals surface area contributed by atoms with Gasteiger partial charge in [-0.1, -0.05) is 29.3 Å². The Hall–Kier alpha value is -2.93. The molecule has 1 heterocycles. The van der Waals surface area contributed by atoms with Crippen LogP contribution in [0.15, 0.2) is 71.1 Å². The fraction of sp³-hybridized carbons (Fsp3) is 0. The number of hydrogen-bond acceptors (Lipinski definition) is 4. The summed E-state index contributed by atoms with van der Waals surface area (Å²) in [7, 11) is 0. The smallest absolute Gasteiger partial charge is 0.257 e. The standard InChI is InChI=1S/C21H13Cl2N3O2S/c22-14-6-4-12(5-7-14)19(27)26-21(29)24-16-3-1-2-13(10-16)20-25-17-11-15(23)8-9-18(17)28-20/h1-11H,(H2,24,26,27,29). The molecule has 0 radical (unpaired) electrons. The van der Waals surface area contributed by atoms with Gasteiger partial charge in [0.05, 0.1) is 0 Å². The molecule has 0 atom stereocenters. The van der Waals surface area contributed by atoms with Crippen LogP contribution in [0.5, 0.6) is 0 Å². The number of carbonyl (C=O) groups excluding carboxylic acids is 1. The first-order chi connectivity index (χ1) is 14.0. The molecule has 2 N–H and O–H groups in total. The monoisotopic (exact) mass is 441 g/mol. The third-order valence-electron chi connectivity index (χ3n) is 4.05. The third-order valence-corrected chi connectivity index (χ3v) is 4.74. The van der Waals surface area contributed by atoms with Gasteiger partial charge in [-0.3, -0.25) is 10.1 Å². The molecule has 4 rings (SSSR count). The number of fused-ring (bicyclic) bond motifs is 1. The summed E-state index contributed by atoms with van der Waals surface area (Å²) in [5, 5.41) is 6.95. The van der Waals surface area contributed by atoms with E-state index in [4.69, 9.17) is 39.8 Å². The van der Waals surface area contributed by atoms with Gasteiger partial charge in [0.2, 0.25) is 5.89 Å². The van der Waals surface area contributed by atoms with Crippen LogP contribution >= 0.6 is 35.4 Å². The van der Waals surface area contributed by atoms with Crippen LogP contribution in [-0.4, -0.2) is 16.0 Å². The summed E-state index contributed by atoms with van der Waals surface area (Å²) < 4.78 is 5.79. The Morgan fingerprint density at radius 3 is 2.52 bits per heavy atom. The number of rotatable bonds is 3. The van der Waals surface area contributed by atoms with Crippen LogP contribution < -0.4 is 10.6 Å². The van der Waals surface area contributed by atoms with Crippen LogP contribution in [0.4, 0.5) is 5.69 Å². The van der Waals surface area contributed by atoms with E-state index < -0.39 is 0 Å². The normalized spacial score (nSPS) is 10.7. The van der Waals surface area contributed by atoms with Crippen LogP contribution in [0.1, 0.15) is 10.4 Å². The zero-order chi connectivity index (χ0) is 20.4. The van der Waals surface area contributed by atoms with Crippen LogP contribution in [0.3, 0.4) is 0 Å². The summed E-state index contributed by atoms with van der Waals surface area (Å²) in [5.74, 6) is 0.133. The molecule has 0 bridgehead atoms. The maximum Gasteiger partial charge on any atom is 0.257 e. The van der Waals surface area contributed by atoms with Crippen molar-refractivity contribution < 1.29 is 9.21 Å².